The summed E-state index contributed by atoms with van der Waals surface area (Å²) in [6.07, 6.45) is 0.847. The van der Waals surface area contributed by atoms with E-state index in [2.05, 4.69) is 27.2 Å². The molecule has 1 heterocycles. The lowest BCUT2D eigenvalue weighted by Gasteiger charge is -2.12. The molecular formula is C22H25N5O4. The molecule has 0 unspecified atom stereocenters. The van der Waals surface area contributed by atoms with Crippen LogP contribution < -0.4 is 20.5 Å². The van der Waals surface area contributed by atoms with Gasteiger partial charge in [-0.05, 0) is 43.2 Å². The largest absolute Gasteiger partial charge is 0.493 e. The molecule has 9 heteroatoms. The highest BCUT2D eigenvalue weighted by atomic mass is 16.5. The predicted octanol–water partition coefficient (Wildman–Crippen LogP) is 3.52. The summed E-state index contributed by atoms with van der Waals surface area (Å²) in [5, 5.41) is 3.15. The Morgan fingerprint density at radius 2 is 1.87 bits per heavy atom. The van der Waals surface area contributed by atoms with Crippen molar-refractivity contribution in [1.82, 2.24) is 15.0 Å². The lowest BCUT2D eigenvalue weighted by molar-refractivity contribution is 0.0461. The Balaban J connectivity index is 1.72. The van der Waals surface area contributed by atoms with Crippen LogP contribution in [0.3, 0.4) is 0 Å². The molecule has 0 aliphatic heterocycles. The van der Waals surface area contributed by atoms with Gasteiger partial charge < -0.3 is 25.3 Å². The van der Waals surface area contributed by atoms with E-state index in [1.165, 1.54) is 7.11 Å². The molecule has 0 radical (unpaired) electrons. The maximum Gasteiger partial charge on any atom is 0.338 e. The monoisotopic (exact) mass is 423 g/mol. The quantitative estimate of drug-likeness (QED) is 0.498. The average molecular weight is 423 g/mol. The van der Waals surface area contributed by atoms with Gasteiger partial charge in [0.15, 0.2) is 23.9 Å². The SMILES string of the molecule is CCOc1cc(C(=O)OCc2nc(N)nc(Nc3ccccc3CC)n2)ccc1OC. The van der Waals surface area contributed by atoms with E-state index < -0.39 is 5.97 Å². The zero-order valence-electron chi connectivity index (χ0n) is 17.7. The molecule has 0 aliphatic carbocycles. The highest BCUT2D eigenvalue weighted by Crippen LogP contribution is 2.28. The van der Waals surface area contributed by atoms with Gasteiger partial charge >= 0.3 is 5.97 Å². The molecule has 0 saturated heterocycles. The number of hydrogen-bond donors (Lipinski definition) is 2. The molecule has 0 atom stereocenters. The van der Waals surface area contributed by atoms with Crippen molar-refractivity contribution in [2.24, 2.45) is 0 Å². The van der Waals surface area contributed by atoms with Crippen molar-refractivity contribution in [3.05, 3.63) is 59.4 Å². The van der Waals surface area contributed by atoms with E-state index in [0.29, 0.717) is 23.7 Å². The van der Waals surface area contributed by atoms with Gasteiger partial charge in [-0.1, -0.05) is 25.1 Å². The van der Waals surface area contributed by atoms with Crippen molar-refractivity contribution in [2.75, 3.05) is 24.8 Å². The van der Waals surface area contributed by atoms with Crippen LogP contribution >= 0.6 is 0 Å². The van der Waals surface area contributed by atoms with E-state index in [0.717, 1.165) is 17.7 Å². The fourth-order valence-corrected chi connectivity index (χ4v) is 2.91. The third-order valence-corrected chi connectivity index (χ3v) is 4.38. The number of aryl methyl sites for hydroxylation is 1. The van der Waals surface area contributed by atoms with Crippen molar-refractivity contribution < 1.29 is 19.0 Å². The molecule has 2 aromatic carbocycles. The molecule has 3 N–H and O–H groups in total. The van der Waals surface area contributed by atoms with Crippen LogP contribution in [0.1, 0.15) is 35.6 Å². The first kappa shape index (κ1) is 21.8. The number of ether oxygens (including phenoxy) is 3. The number of methoxy groups -OCH3 is 1. The zero-order valence-corrected chi connectivity index (χ0v) is 17.7. The number of nitrogens with two attached hydrogens (primary N) is 1. The molecular weight excluding hydrogens is 398 g/mol. The number of aromatic nitrogens is 3. The first-order valence-corrected chi connectivity index (χ1v) is 9.87. The minimum absolute atomic E-state index is 0.0283. The van der Waals surface area contributed by atoms with Crippen molar-refractivity contribution in [3.8, 4) is 11.5 Å². The summed E-state index contributed by atoms with van der Waals surface area (Å²) in [4.78, 5) is 25.0. The molecule has 3 aromatic rings. The normalized spacial score (nSPS) is 10.4. The number of nitrogens with one attached hydrogen (secondary N) is 1. The van der Waals surface area contributed by atoms with Crippen molar-refractivity contribution in [3.63, 3.8) is 0 Å². The third-order valence-electron chi connectivity index (χ3n) is 4.38. The predicted molar refractivity (Wildman–Crippen MR) is 117 cm³/mol. The van der Waals surface area contributed by atoms with E-state index in [-0.39, 0.29) is 24.3 Å². The number of nitrogen functional groups attached to an aromatic ring is 1. The fourth-order valence-electron chi connectivity index (χ4n) is 2.91. The first-order chi connectivity index (χ1) is 15.0. The number of esters is 1. The van der Waals surface area contributed by atoms with E-state index in [1.54, 1.807) is 18.2 Å². The maximum atomic E-state index is 12.5. The number of nitrogens with zero attached hydrogens (tertiary/aromatic N) is 3. The molecule has 0 amide bonds. The van der Waals surface area contributed by atoms with Crippen LogP contribution in [0.5, 0.6) is 11.5 Å². The standard InChI is InChI=1S/C22H25N5O4/c1-4-14-8-6-7-9-16(14)24-22-26-19(25-21(23)27-22)13-31-20(28)15-10-11-17(29-3)18(12-15)30-5-2/h6-12H,4-5,13H2,1-3H3,(H3,23,24,25,26,27). The van der Waals surface area contributed by atoms with Gasteiger partial charge in [-0.15, -0.1) is 0 Å². The summed E-state index contributed by atoms with van der Waals surface area (Å²) >= 11 is 0. The number of benzene rings is 2. The number of carbonyl (C=O) groups excluding carboxylic acids is 1. The number of carbonyl (C=O) groups is 1. The minimum Gasteiger partial charge on any atom is -0.493 e. The van der Waals surface area contributed by atoms with Crippen LogP contribution in [0.15, 0.2) is 42.5 Å². The molecule has 1 aromatic heterocycles. The Hall–Kier alpha value is -3.88. The van der Waals surface area contributed by atoms with Crippen LogP contribution in [-0.2, 0) is 17.8 Å². The Morgan fingerprint density at radius 1 is 1.06 bits per heavy atom. The molecule has 162 valence electrons. The molecule has 31 heavy (non-hydrogen) atoms. The number of hydrogen-bond acceptors (Lipinski definition) is 9. The van der Waals surface area contributed by atoms with Gasteiger partial charge in [0.25, 0.3) is 0 Å². The average Bonchev–Trinajstić information content (AvgIpc) is 2.77. The second-order valence-electron chi connectivity index (χ2n) is 6.44. The number of anilines is 3. The molecule has 0 bridgehead atoms. The van der Waals surface area contributed by atoms with Crippen LogP contribution in [0.4, 0.5) is 17.6 Å². The topological polar surface area (TPSA) is 121 Å². The van der Waals surface area contributed by atoms with Crippen molar-refractivity contribution in [1.29, 1.82) is 0 Å². The zero-order chi connectivity index (χ0) is 22.2. The smallest absolute Gasteiger partial charge is 0.338 e. The summed E-state index contributed by atoms with van der Waals surface area (Å²) in [6, 6.07) is 12.6. The van der Waals surface area contributed by atoms with Gasteiger partial charge in [0.1, 0.15) is 0 Å². The highest BCUT2D eigenvalue weighted by molar-refractivity contribution is 5.90. The van der Waals surface area contributed by atoms with Gasteiger partial charge in [0.05, 0.1) is 19.3 Å². The molecule has 3 rings (SSSR count). The van der Waals surface area contributed by atoms with Gasteiger partial charge in [-0.2, -0.15) is 15.0 Å². The van der Waals surface area contributed by atoms with Gasteiger partial charge in [-0.3, -0.25) is 0 Å². The summed E-state index contributed by atoms with van der Waals surface area (Å²) < 4.78 is 16.1. The molecule has 0 fully saturated rings. The minimum atomic E-state index is -0.548. The first-order valence-electron chi connectivity index (χ1n) is 9.87. The van der Waals surface area contributed by atoms with Crippen LogP contribution in [0.2, 0.25) is 0 Å². The van der Waals surface area contributed by atoms with Crippen molar-refractivity contribution >= 4 is 23.6 Å². The molecule has 0 aliphatic rings. The Labute approximate surface area is 180 Å². The highest BCUT2D eigenvalue weighted by Gasteiger charge is 2.14. The summed E-state index contributed by atoms with van der Waals surface area (Å²) in [5.74, 6) is 0.990. The number of rotatable bonds is 9. The summed E-state index contributed by atoms with van der Waals surface area (Å²) in [7, 11) is 1.53. The van der Waals surface area contributed by atoms with E-state index >= 15 is 0 Å². The fraction of sp³-hybridized carbons (Fsp3) is 0.273. The van der Waals surface area contributed by atoms with Gasteiger partial charge in [0.2, 0.25) is 11.9 Å². The lowest BCUT2D eigenvalue weighted by atomic mass is 10.1. The molecule has 0 spiro atoms. The van der Waals surface area contributed by atoms with Crippen molar-refractivity contribution in [2.45, 2.75) is 26.9 Å². The van der Waals surface area contributed by atoms with Crippen LogP contribution in [0, 0.1) is 0 Å². The second kappa shape index (κ2) is 10.2. The second-order valence-corrected chi connectivity index (χ2v) is 6.44. The van der Waals surface area contributed by atoms with Gasteiger partial charge in [0, 0.05) is 5.69 Å². The van der Waals surface area contributed by atoms with E-state index in [9.17, 15) is 4.79 Å². The third kappa shape index (κ3) is 5.59. The lowest BCUT2D eigenvalue weighted by Crippen LogP contribution is -2.11. The Morgan fingerprint density at radius 3 is 2.61 bits per heavy atom. The van der Waals surface area contributed by atoms with E-state index in [4.69, 9.17) is 19.9 Å². The van der Waals surface area contributed by atoms with Crippen LogP contribution in [-0.4, -0.2) is 34.6 Å². The maximum absolute atomic E-state index is 12.5. The number of para-hydroxylation sites is 1. The molecule has 9 nitrogen and oxygen atoms in total. The summed E-state index contributed by atoms with van der Waals surface area (Å²) in [6.45, 7) is 4.19. The van der Waals surface area contributed by atoms with Crippen LogP contribution in [0.25, 0.3) is 0 Å². The van der Waals surface area contributed by atoms with E-state index in [1.807, 2.05) is 31.2 Å². The Kier molecular flexibility index (Phi) is 7.21. The molecule has 0 saturated carbocycles. The summed E-state index contributed by atoms with van der Waals surface area (Å²) in [5.41, 5.74) is 8.12. The van der Waals surface area contributed by atoms with Gasteiger partial charge in [-0.25, -0.2) is 4.79 Å². The Bertz CT molecular complexity index is 1060.